The maximum atomic E-state index is 14.6. The summed E-state index contributed by atoms with van der Waals surface area (Å²) in [6, 6.07) is 7.79. The summed E-state index contributed by atoms with van der Waals surface area (Å²) in [6.45, 7) is -0.584. The normalized spacial score (nSPS) is 14.9. The Morgan fingerprint density at radius 2 is 1.97 bits per heavy atom. The third-order valence-corrected chi connectivity index (χ3v) is 5.30. The van der Waals surface area contributed by atoms with Crippen LogP contribution in [0.1, 0.15) is 24.3 Å². The first-order chi connectivity index (χ1) is 13.9. The molecule has 0 spiro atoms. The summed E-state index contributed by atoms with van der Waals surface area (Å²) in [5.41, 5.74) is 0.899. The van der Waals surface area contributed by atoms with Gasteiger partial charge in [-0.15, -0.1) is 0 Å². The van der Waals surface area contributed by atoms with E-state index in [1.165, 1.54) is 27.5 Å². The molecule has 4 rings (SSSR count). The number of aromatic nitrogens is 2. The number of hydrogen-bond donors (Lipinski definition) is 3. The van der Waals surface area contributed by atoms with Crippen LogP contribution in [-0.2, 0) is 13.6 Å². The number of benzene rings is 1. The molecule has 1 atom stereocenters. The molecule has 1 saturated carbocycles. The van der Waals surface area contributed by atoms with Gasteiger partial charge >= 0.3 is 0 Å². The lowest BCUT2D eigenvalue weighted by Gasteiger charge is -2.16. The Bertz CT molecular complexity index is 1200. The highest BCUT2D eigenvalue weighted by Gasteiger charge is 2.24. The molecule has 3 N–H and O–H groups in total. The van der Waals surface area contributed by atoms with Gasteiger partial charge in [-0.1, -0.05) is 6.07 Å². The SMILES string of the molecule is Cn1c(=O)cc(Nc2ccc(C3CC3)cc2F)c2c(=O)n(C[C@@H](O)CO)ccc21. The third kappa shape index (κ3) is 3.68. The number of fused-ring (bicyclic) bond motifs is 1. The minimum Gasteiger partial charge on any atom is -0.394 e. The lowest BCUT2D eigenvalue weighted by atomic mass is 10.1. The van der Waals surface area contributed by atoms with Crippen LogP contribution < -0.4 is 16.4 Å². The van der Waals surface area contributed by atoms with Gasteiger partial charge in [0.2, 0.25) is 0 Å². The van der Waals surface area contributed by atoms with E-state index in [4.69, 9.17) is 5.11 Å². The second-order valence-corrected chi connectivity index (χ2v) is 7.46. The summed E-state index contributed by atoms with van der Waals surface area (Å²) in [4.78, 5) is 25.4. The van der Waals surface area contributed by atoms with Crippen molar-refractivity contribution in [2.75, 3.05) is 11.9 Å². The summed E-state index contributed by atoms with van der Waals surface area (Å²) in [5.74, 6) is -0.0382. The van der Waals surface area contributed by atoms with Crippen molar-refractivity contribution in [3.63, 3.8) is 0 Å². The Balaban J connectivity index is 1.82. The molecule has 2 aromatic heterocycles. The van der Waals surface area contributed by atoms with Crippen molar-refractivity contribution in [1.82, 2.24) is 9.13 Å². The molecule has 1 fully saturated rings. The maximum Gasteiger partial charge on any atom is 0.262 e. The number of aryl methyl sites for hydroxylation is 1. The number of halogens is 1. The number of nitrogens with one attached hydrogen (secondary N) is 1. The second kappa shape index (κ2) is 7.46. The van der Waals surface area contributed by atoms with Gasteiger partial charge in [-0.05, 0) is 42.5 Å². The number of rotatable bonds is 6. The fourth-order valence-corrected chi connectivity index (χ4v) is 3.48. The molecule has 7 nitrogen and oxygen atoms in total. The van der Waals surface area contributed by atoms with E-state index in [2.05, 4.69) is 5.32 Å². The van der Waals surface area contributed by atoms with E-state index in [1.54, 1.807) is 19.2 Å². The van der Waals surface area contributed by atoms with Crippen LogP contribution in [0.5, 0.6) is 0 Å². The molecule has 29 heavy (non-hydrogen) atoms. The topological polar surface area (TPSA) is 96.5 Å². The Hall–Kier alpha value is -2.97. The molecular weight excluding hydrogens is 377 g/mol. The van der Waals surface area contributed by atoms with Crippen LogP contribution in [0.25, 0.3) is 10.9 Å². The summed E-state index contributed by atoms with van der Waals surface area (Å²) in [5, 5.41) is 21.8. The standard InChI is InChI=1S/C21H22FN3O4/c1-24-18-6-7-25(10-14(27)11-26)21(29)20(18)17(9-19(24)28)23-16-5-4-13(8-15(16)22)12-2-3-12/h4-9,12,14,23,26-27H,2-3,10-11H2,1H3/t14-/m1/s1. The molecule has 0 bridgehead atoms. The van der Waals surface area contributed by atoms with Gasteiger partial charge in [0.1, 0.15) is 5.82 Å². The molecule has 1 aromatic carbocycles. The molecule has 0 saturated heterocycles. The van der Waals surface area contributed by atoms with Crippen LogP contribution in [0.15, 0.2) is 46.1 Å². The Labute approximate surface area is 165 Å². The molecule has 2 heterocycles. The minimum absolute atomic E-state index is 0.0992. The van der Waals surface area contributed by atoms with E-state index in [0.717, 1.165) is 18.4 Å². The number of pyridine rings is 2. The smallest absolute Gasteiger partial charge is 0.262 e. The zero-order chi connectivity index (χ0) is 20.7. The first-order valence-electron chi connectivity index (χ1n) is 9.47. The molecule has 8 heteroatoms. The minimum atomic E-state index is -1.10. The van der Waals surface area contributed by atoms with Crippen molar-refractivity contribution in [3.05, 3.63) is 68.6 Å². The molecule has 152 valence electrons. The molecule has 1 aliphatic carbocycles. The largest absolute Gasteiger partial charge is 0.394 e. The lowest BCUT2D eigenvalue weighted by molar-refractivity contribution is 0.0805. The first-order valence-corrected chi connectivity index (χ1v) is 9.47. The molecule has 0 radical (unpaired) electrons. The highest BCUT2D eigenvalue weighted by atomic mass is 19.1. The average molecular weight is 399 g/mol. The number of hydrogen-bond acceptors (Lipinski definition) is 5. The van der Waals surface area contributed by atoms with Gasteiger partial charge < -0.3 is 24.7 Å². The van der Waals surface area contributed by atoms with Gasteiger partial charge in [-0.2, -0.15) is 0 Å². The highest BCUT2D eigenvalue weighted by molar-refractivity contribution is 5.92. The number of aliphatic hydroxyl groups excluding tert-OH is 2. The second-order valence-electron chi connectivity index (χ2n) is 7.46. The Morgan fingerprint density at radius 1 is 1.21 bits per heavy atom. The van der Waals surface area contributed by atoms with Crippen LogP contribution in [0.4, 0.5) is 15.8 Å². The number of anilines is 2. The maximum absolute atomic E-state index is 14.6. The summed E-state index contributed by atoms with van der Waals surface area (Å²) in [7, 11) is 1.55. The Kier molecular flexibility index (Phi) is 4.97. The van der Waals surface area contributed by atoms with Gasteiger partial charge in [0.05, 0.1) is 41.5 Å². The molecule has 3 aromatic rings. The molecule has 0 aliphatic heterocycles. The van der Waals surface area contributed by atoms with Crippen molar-refractivity contribution < 1.29 is 14.6 Å². The molecule has 0 unspecified atom stereocenters. The monoisotopic (exact) mass is 399 g/mol. The van der Waals surface area contributed by atoms with Crippen molar-refractivity contribution in [3.8, 4) is 0 Å². The quantitative estimate of drug-likeness (QED) is 0.588. The summed E-state index contributed by atoms with van der Waals surface area (Å²) >= 11 is 0. The first kappa shape index (κ1) is 19.4. The van der Waals surface area contributed by atoms with E-state index >= 15 is 0 Å². The zero-order valence-electron chi connectivity index (χ0n) is 15.9. The van der Waals surface area contributed by atoms with Gasteiger partial charge in [-0.25, -0.2) is 4.39 Å². The number of aliphatic hydroxyl groups is 2. The van der Waals surface area contributed by atoms with Crippen LogP contribution >= 0.6 is 0 Å². The zero-order valence-corrected chi connectivity index (χ0v) is 15.9. The van der Waals surface area contributed by atoms with Gasteiger partial charge in [0.25, 0.3) is 11.1 Å². The van der Waals surface area contributed by atoms with Crippen molar-refractivity contribution in [1.29, 1.82) is 0 Å². The number of nitrogens with zero attached hydrogens (tertiary/aromatic N) is 2. The molecule has 0 amide bonds. The predicted octanol–water partition coefficient (Wildman–Crippen LogP) is 1.81. The van der Waals surface area contributed by atoms with Crippen LogP contribution in [0, 0.1) is 5.82 Å². The van der Waals surface area contributed by atoms with Crippen LogP contribution in [0.3, 0.4) is 0 Å². The van der Waals surface area contributed by atoms with E-state index in [-0.39, 0.29) is 28.9 Å². The fourth-order valence-electron chi connectivity index (χ4n) is 3.48. The van der Waals surface area contributed by atoms with E-state index in [9.17, 15) is 19.1 Å². The van der Waals surface area contributed by atoms with Crippen molar-refractivity contribution >= 4 is 22.3 Å². The van der Waals surface area contributed by atoms with Crippen LogP contribution in [0.2, 0.25) is 0 Å². The lowest BCUT2D eigenvalue weighted by Crippen LogP contribution is -2.30. The fraction of sp³-hybridized carbons (Fsp3) is 0.333. The third-order valence-electron chi connectivity index (χ3n) is 5.30. The Morgan fingerprint density at radius 3 is 2.62 bits per heavy atom. The van der Waals surface area contributed by atoms with E-state index in [0.29, 0.717) is 11.4 Å². The van der Waals surface area contributed by atoms with Gasteiger partial charge in [0.15, 0.2) is 0 Å². The van der Waals surface area contributed by atoms with Crippen molar-refractivity contribution in [2.45, 2.75) is 31.4 Å². The van der Waals surface area contributed by atoms with Crippen LogP contribution in [-0.4, -0.2) is 32.1 Å². The van der Waals surface area contributed by atoms with Gasteiger partial charge in [-0.3, -0.25) is 9.59 Å². The van der Waals surface area contributed by atoms with Gasteiger partial charge in [0, 0.05) is 19.3 Å². The van der Waals surface area contributed by atoms with E-state index in [1.807, 2.05) is 6.07 Å². The van der Waals surface area contributed by atoms with Crippen molar-refractivity contribution in [2.24, 2.45) is 7.05 Å². The molecular formula is C21H22FN3O4. The summed E-state index contributed by atoms with van der Waals surface area (Å²) < 4.78 is 17.2. The molecule has 1 aliphatic rings. The van der Waals surface area contributed by atoms with E-state index < -0.39 is 24.1 Å². The highest BCUT2D eigenvalue weighted by Crippen LogP contribution is 2.41. The predicted molar refractivity (Wildman–Crippen MR) is 108 cm³/mol. The summed E-state index contributed by atoms with van der Waals surface area (Å²) in [6.07, 6.45) is 2.48. The average Bonchev–Trinajstić information content (AvgIpc) is 3.54.